The molecule has 0 aliphatic carbocycles. The molecule has 8 heteroatoms. The number of hydrogen-bond acceptors (Lipinski definition) is 6. The van der Waals surface area contributed by atoms with Crippen LogP contribution in [-0.2, 0) is 6.54 Å². The molecule has 3 N–H and O–H groups in total. The second-order valence-electron chi connectivity index (χ2n) is 3.91. The molecular weight excluding hydrogens is 262 g/mol. The summed E-state index contributed by atoms with van der Waals surface area (Å²) in [6, 6.07) is 9.06. The highest BCUT2D eigenvalue weighted by Crippen LogP contribution is 2.17. The van der Waals surface area contributed by atoms with E-state index in [-0.39, 0.29) is 23.7 Å². The molecule has 20 heavy (non-hydrogen) atoms. The fourth-order valence-electron chi connectivity index (χ4n) is 1.57. The van der Waals surface area contributed by atoms with Crippen molar-refractivity contribution in [3.05, 3.63) is 57.8 Å². The molecule has 102 valence electrons. The monoisotopic (exact) mass is 273 g/mol. The summed E-state index contributed by atoms with van der Waals surface area (Å²) in [6.45, 7) is 0.0298. The van der Waals surface area contributed by atoms with E-state index in [2.05, 4.69) is 15.5 Å². The number of para-hydroxylation sites is 1. The molecule has 0 radical (unpaired) electrons. The fourth-order valence-corrected chi connectivity index (χ4v) is 1.57. The molecule has 1 aromatic carbocycles. The largest absolute Gasteiger partial charge is 0.382 e. The SMILES string of the molecule is Nc1ccc(C(=O)NCc2ccccc2[N+](=O)[O-])nn1. The standard InChI is InChI=1S/C12H11N5O3/c13-11-6-5-9(15-16-11)12(18)14-7-8-3-1-2-4-10(8)17(19)20/h1-6H,7H2,(H2,13,16)(H,14,18). The normalized spacial score (nSPS) is 10.0. The number of hydrogen-bond donors (Lipinski definition) is 2. The van der Waals surface area contributed by atoms with E-state index in [1.807, 2.05) is 0 Å². The summed E-state index contributed by atoms with van der Waals surface area (Å²) in [5, 5.41) is 20.6. The minimum Gasteiger partial charge on any atom is -0.382 e. The first-order chi connectivity index (χ1) is 9.58. The van der Waals surface area contributed by atoms with Gasteiger partial charge in [-0.25, -0.2) is 0 Å². The first-order valence-corrected chi connectivity index (χ1v) is 5.67. The fraction of sp³-hybridized carbons (Fsp3) is 0.0833. The number of amides is 1. The first kappa shape index (κ1) is 13.4. The Morgan fingerprint density at radius 3 is 2.65 bits per heavy atom. The van der Waals surface area contributed by atoms with Crippen LogP contribution < -0.4 is 11.1 Å². The van der Waals surface area contributed by atoms with Gasteiger partial charge in [0.05, 0.1) is 4.92 Å². The van der Waals surface area contributed by atoms with E-state index < -0.39 is 10.8 Å². The Bertz CT molecular complexity index is 642. The van der Waals surface area contributed by atoms with Gasteiger partial charge in [0, 0.05) is 18.2 Å². The third-order valence-electron chi connectivity index (χ3n) is 2.55. The number of nitrogens with zero attached hydrogens (tertiary/aromatic N) is 3. The molecule has 0 aliphatic rings. The topological polar surface area (TPSA) is 124 Å². The van der Waals surface area contributed by atoms with Crippen molar-refractivity contribution in [1.29, 1.82) is 0 Å². The van der Waals surface area contributed by atoms with Crippen molar-refractivity contribution in [2.75, 3.05) is 5.73 Å². The number of aromatic nitrogens is 2. The lowest BCUT2D eigenvalue weighted by Crippen LogP contribution is -2.24. The van der Waals surface area contributed by atoms with Gasteiger partial charge in [-0.2, -0.15) is 0 Å². The van der Waals surface area contributed by atoms with Crippen LogP contribution in [0.1, 0.15) is 16.1 Å². The smallest absolute Gasteiger partial charge is 0.274 e. The third kappa shape index (κ3) is 3.05. The molecule has 0 fully saturated rings. The average molecular weight is 273 g/mol. The Hall–Kier alpha value is -3.03. The van der Waals surface area contributed by atoms with Gasteiger partial charge in [-0.15, -0.1) is 10.2 Å². The number of benzene rings is 1. The van der Waals surface area contributed by atoms with Gasteiger partial charge in [-0.1, -0.05) is 18.2 Å². The van der Waals surface area contributed by atoms with E-state index >= 15 is 0 Å². The van der Waals surface area contributed by atoms with Gasteiger partial charge >= 0.3 is 0 Å². The Balaban J connectivity index is 2.07. The van der Waals surface area contributed by atoms with Crippen molar-refractivity contribution in [1.82, 2.24) is 15.5 Å². The lowest BCUT2D eigenvalue weighted by atomic mass is 10.2. The van der Waals surface area contributed by atoms with E-state index in [0.29, 0.717) is 5.56 Å². The maximum absolute atomic E-state index is 11.8. The predicted octanol–water partition coefficient (Wildman–Crippen LogP) is 0.897. The molecular formula is C12H11N5O3. The Labute approximate surface area is 113 Å². The highest BCUT2D eigenvalue weighted by molar-refractivity contribution is 5.92. The van der Waals surface area contributed by atoms with Gasteiger partial charge in [0.2, 0.25) is 0 Å². The summed E-state index contributed by atoms with van der Waals surface area (Å²) in [5.41, 5.74) is 5.83. The summed E-state index contributed by atoms with van der Waals surface area (Å²) in [7, 11) is 0. The minimum atomic E-state index is -0.496. The molecule has 0 aliphatic heterocycles. The molecule has 0 saturated carbocycles. The number of nitrogens with one attached hydrogen (secondary N) is 1. The van der Waals surface area contributed by atoms with Gasteiger partial charge in [0.15, 0.2) is 5.69 Å². The lowest BCUT2D eigenvalue weighted by Gasteiger charge is -2.05. The van der Waals surface area contributed by atoms with Crippen molar-refractivity contribution in [3.8, 4) is 0 Å². The zero-order valence-electron chi connectivity index (χ0n) is 10.3. The van der Waals surface area contributed by atoms with Gasteiger partial charge in [-0.05, 0) is 12.1 Å². The summed E-state index contributed by atoms with van der Waals surface area (Å²) < 4.78 is 0. The van der Waals surface area contributed by atoms with Crippen LogP contribution in [0.5, 0.6) is 0 Å². The number of carbonyl (C=O) groups is 1. The number of nitrogen functional groups attached to an aromatic ring is 1. The highest BCUT2D eigenvalue weighted by Gasteiger charge is 2.14. The van der Waals surface area contributed by atoms with Crippen LogP contribution in [0.2, 0.25) is 0 Å². The van der Waals surface area contributed by atoms with Gasteiger partial charge in [0.1, 0.15) is 5.82 Å². The summed E-state index contributed by atoms with van der Waals surface area (Å²) in [4.78, 5) is 22.1. The number of nitro groups is 1. The van der Waals surface area contributed by atoms with Crippen molar-refractivity contribution < 1.29 is 9.72 Å². The number of carbonyl (C=O) groups excluding carboxylic acids is 1. The van der Waals surface area contributed by atoms with Gasteiger partial charge in [0.25, 0.3) is 11.6 Å². The summed E-state index contributed by atoms with van der Waals surface area (Å²) >= 11 is 0. The van der Waals surface area contributed by atoms with Crippen molar-refractivity contribution in [2.24, 2.45) is 0 Å². The molecule has 1 heterocycles. The molecule has 0 bridgehead atoms. The first-order valence-electron chi connectivity index (χ1n) is 5.67. The highest BCUT2D eigenvalue weighted by atomic mass is 16.6. The number of nitrogens with two attached hydrogens (primary N) is 1. The molecule has 0 saturated heterocycles. The molecule has 0 atom stereocenters. The van der Waals surface area contributed by atoms with Crippen molar-refractivity contribution in [2.45, 2.75) is 6.54 Å². The van der Waals surface area contributed by atoms with Crippen LogP contribution >= 0.6 is 0 Å². The summed E-state index contributed by atoms with van der Waals surface area (Å²) in [5.74, 6) is -0.268. The van der Waals surface area contributed by atoms with E-state index in [1.165, 1.54) is 18.2 Å². The molecule has 8 nitrogen and oxygen atoms in total. The van der Waals surface area contributed by atoms with Crippen LogP contribution in [0.3, 0.4) is 0 Å². The van der Waals surface area contributed by atoms with E-state index in [4.69, 9.17) is 5.73 Å². The quantitative estimate of drug-likeness (QED) is 0.629. The van der Waals surface area contributed by atoms with Crippen LogP contribution in [0.4, 0.5) is 11.5 Å². The van der Waals surface area contributed by atoms with E-state index in [0.717, 1.165) is 0 Å². The van der Waals surface area contributed by atoms with E-state index in [9.17, 15) is 14.9 Å². The Morgan fingerprint density at radius 2 is 2.00 bits per heavy atom. The molecule has 2 rings (SSSR count). The minimum absolute atomic E-state index is 0.0298. The molecule has 2 aromatic rings. The zero-order chi connectivity index (χ0) is 14.5. The van der Waals surface area contributed by atoms with E-state index in [1.54, 1.807) is 18.2 Å². The third-order valence-corrected chi connectivity index (χ3v) is 2.55. The van der Waals surface area contributed by atoms with Crippen LogP contribution in [0.25, 0.3) is 0 Å². The molecule has 0 spiro atoms. The number of rotatable bonds is 4. The second kappa shape index (κ2) is 5.74. The second-order valence-corrected chi connectivity index (χ2v) is 3.91. The molecule has 0 unspecified atom stereocenters. The number of anilines is 1. The van der Waals surface area contributed by atoms with Gasteiger partial charge in [-0.3, -0.25) is 14.9 Å². The average Bonchev–Trinajstić information content (AvgIpc) is 2.45. The maximum Gasteiger partial charge on any atom is 0.274 e. The zero-order valence-corrected chi connectivity index (χ0v) is 10.3. The Morgan fingerprint density at radius 1 is 1.25 bits per heavy atom. The van der Waals surface area contributed by atoms with Crippen LogP contribution in [0.15, 0.2) is 36.4 Å². The van der Waals surface area contributed by atoms with Crippen molar-refractivity contribution in [3.63, 3.8) is 0 Å². The van der Waals surface area contributed by atoms with Crippen LogP contribution in [-0.4, -0.2) is 21.0 Å². The number of nitro benzene ring substituents is 1. The lowest BCUT2D eigenvalue weighted by molar-refractivity contribution is -0.385. The van der Waals surface area contributed by atoms with Gasteiger partial charge < -0.3 is 11.1 Å². The van der Waals surface area contributed by atoms with Crippen LogP contribution in [0, 0.1) is 10.1 Å². The van der Waals surface area contributed by atoms with Crippen molar-refractivity contribution >= 4 is 17.4 Å². The molecule has 1 amide bonds. The molecule has 1 aromatic heterocycles. The Kier molecular flexibility index (Phi) is 3.85. The summed E-state index contributed by atoms with van der Waals surface area (Å²) in [6.07, 6.45) is 0. The maximum atomic E-state index is 11.8. The predicted molar refractivity (Wildman–Crippen MR) is 70.7 cm³/mol.